The van der Waals surface area contributed by atoms with Gasteiger partial charge in [-0.3, -0.25) is 9.59 Å². The fourth-order valence-electron chi connectivity index (χ4n) is 2.56. The van der Waals surface area contributed by atoms with Crippen molar-refractivity contribution in [1.82, 2.24) is 4.90 Å². The Morgan fingerprint density at radius 1 is 1.09 bits per heavy atom. The lowest BCUT2D eigenvalue weighted by molar-refractivity contribution is 0.0746. The van der Waals surface area contributed by atoms with E-state index in [1.54, 1.807) is 25.3 Å². The largest absolute Gasteiger partial charge is 0.496 e. The smallest absolute Gasteiger partial charge is 0.257 e. The number of aldehydes is 1. The second-order valence-corrected chi connectivity index (χ2v) is 5.78. The highest BCUT2D eigenvalue weighted by molar-refractivity contribution is 5.98. The number of carbonyl (C=O) groups is 2. The highest BCUT2D eigenvalue weighted by Crippen LogP contribution is 2.22. The zero-order chi connectivity index (χ0) is 17.1. The molecule has 1 amide bonds. The molecule has 0 saturated carbocycles. The summed E-state index contributed by atoms with van der Waals surface area (Å²) in [7, 11) is 1.55. The molecule has 0 unspecified atom stereocenters. The highest BCUT2D eigenvalue weighted by atomic mass is 16.5. The molecule has 1 aromatic carbocycles. The topological polar surface area (TPSA) is 46.6 Å². The summed E-state index contributed by atoms with van der Waals surface area (Å²) in [6, 6.07) is 4.98. The zero-order valence-corrected chi connectivity index (χ0v) is 14.6. The van der Waals surface area contributed by atoms with E-state index in [1.807, 2.05) is 4.90 Å². The van der Waals surface area contributed by atoms with Gasteiger partial charge in [-0.1, -0.05) is 39.5 Å². The molecule has 0 aliphatic carbocycles. The summed E-state index contributed by atoms with van der Waals surface area (Å²) >= 11 is 0. The summed E-state index contributed by atoms with van der Waals surface area (Å²) in [5, 5.41) is 0. The molecule has 23 heavy (non-hydrogen) atoms. The van der Waals surface area contributed by atoms with Crippen LogP contribution in [-0.4, -0.2) is 37.3 Å². The van der Waals surface area contributed by atoms with Crippen LogP contribution in [0.25, 0.3) is 0 Å². The Morgan fingerprint density at radius 2 is 1.70 bits per heavy atom. The number of rotatable bonds is 11. The van der Waals surface area contributed by atoms with Crippen LogP contribution in [0.1, 0.15) is 73.1 Å². The number of methoxy groups -OCH3 is 1. The third-order valence-electron chi connectivity index (χ3n) is 3.94. The van der Waals surface area contributed by atoms with Gasteiger partial charge in [0.15, 0.2) is 0 Å². The van der Waals surface area contributed by atoms with Crippen LogP contribution in [-0.2, 0) is 0 Å². The van der Waals surface area contributed by atoms with Gasteiger partial charge >= 0.3 is 0 Å². The van der Waals surface area contributed by atoms with Gasteiger partial charge < -0.3 is 9.64 Å². The Bertz CT molecular complexity index is 489. The van der Waals surface area contributed by atoms with Gasteiger partial charge in [0, 0.05) is 18.7 Å². The molecule has 0 aromatic heterocycles. The molecule has 0 N–H and O–H groups in total. The number of hydrogen-bond acceptors (Lipinski definition) is 3. The van der Waals surface area contributed by atoms with Gasteiger partial charge in [0.05, 0.1) is 12.7 Å². The van der Waals surface area contributed by atoms with E-state index in [0.29, 0.717) is 16.9 Å². The number of unbranched alkanes of at least 4 members (excludes halogenated alkanes) is 4. The second kappa shape index (κ2) is 10.8. The van der Waals surface area contributed by atoms with E-state index in [0.717, 1.165) is 57.9 Å². The monoisotopic (exact) mass is 319 g/mol. The number of carbonyl (C=O) groups excluding carboxylic acids is 2. The fraction of sp³-hybridized carbons (Fsp3) is 0.579. The van der Waals surface area contributed by atoms with Crippen molar-refractivity contribution in [1.29, 1.82) is 0 Å². The lowest BCUT2D eigenvalue weighted by Crippen LogP contribution is -2.33. The van der Waals surface area contributed by atoms with Gasteiger partial charge in [-0.25, -0.2) is 0 Å². The fourth-order valence-corrected chi connectivity index (χ4v) is 2.56. The number of benzene rings is 1. The van der Waals surface area contributed by atoms with Crippen LogP contribution in [0.15, 0.2) is 18.2 Å². The van der Waals surface area contributed by atoms with E-state index >= 15 is 0 Å². The molecule has 0 heterocycles. The normalized spacial score (nSPS) is 10.4. The van der Waals surface area contributed by atoms with Crippen molar-refractivity contribution in [2.24, 2.45) is 0 Å². The van der Waals surface area contributed by atoms with Crippen molar-refractivity contribution < 1.29 is 14.3 Å². The van der Waals surface area contributed by atoms with E-state index in [9.17, 15) is 9.59 Å². The van der Waals surface area contributed by atoms with Crippen molar-refractivity contribution in [2.75, 3.05) is 20.2 Å². The quantitative estimate of drug-likeness (QED) is 0.450. The van der Waals surface area contributed by atoms with Crippen molar-refractivity contribution in [3.05, 3.63) is 29.3 Å². The van der Waals surface area contributed by atoms with Crippen LogP contribution in [0.3, 0.4) is 0 Å². The Morgan fingerprint density at radius 3 is 2.17 bits per heavy atom. The second-order valence-electron chi connectivity index (χ2n) is 5.78. The van der Waals surface area contributed by atoms with Crippen molar-refractivity contribution in [3.63, 3.8) is 0 Å². The Labute approximate surface area is 139 Å². The molecule has 0 aliphatic rings. The first-order valence-corrected chi connectivity index (χ1v) is 8.60. The van der Waals surface area contributed by atoms with Gasteiger partial charge in [-0.15, -0.1) is 0 Å². The summed E-state index contributed by atoms with van der Waals surface area (Å²) in [4.78, 5) is 25.8. The van der Waals surface area contributed by atoms with Gasteiger partial charge in [-0.2, -0.15) is 0 Å². The van der Waals surface area contributed by atoms with Crippen LogP contribution in [0.4, 0.5) is 0 Å². The molecular formula is C19H29NO3. The standard InChI is InChI=1S/C19H29NO3/c1-4-6-8-12-20(13-9-7-5-2)19(22)17-14-16(15-21)10-11-18(17)23-3/h10-11,14-15H,4-9,12-13H2,1-3H3. The van der Waals surface area contributed by atoms with Crippen LogP contribution in [0, 0.1) is 0 Å². The van der Waals surface area contributed by atoms with E-state index in [1.165, 1.54) is 0 Å². The van der Waals surface area contributed by atoms with Crippen LogP contribution in [0.2, 0.25) is 0 Å². The van der Waals surface area contributed by atoms with Crippen molar-refractivity contribution >= 4 is 12.2 Å². The number of nitrogens with zero attached hydrogens (tertiary/aromatic N) is 1. The molecule has 1 aromatic rings. The summed E-state index contributed by atoms with van der Waals surface area (Å²) in [5.41, 5.74) is 0.973. The molecule has 0 spiro atoms. The summed E-state index contributed by atoms with van der Waals surface area (Å²) < 4.78 is 5.30. The molecule has 0 fully saturated rings. The average molecular weight is 319 g/mol. The molecule has 4 nitrogen and oxygen atoms in total. The highest BCUT2D eigenvalue weighted by Gasteiger charge is 2.19. The van der Waals surface area contributed by atoms with Gasteiger partial charge in [0.1, 0.15) is 12.0 Å². The van der Waals surface area contributed by atoms with Crippen LogP contribution in [0.5, 0.6) is 5.75 Å². The first kappa shape index (κ1) is 19.2. The molecular weight excluding hydrogens is 290 g/mol. The number of hydrogen-bond donors (Lipinski definition) is 0. The molecule has 128 valence electrons. The minimum atomic E-state index is -0.0437. The third kappa shape index (κ3) is 6.05. The van der Waals surface area contributed by atoms with E-state index in [2.05, 4.69) is 13.8 Å². The molecule has 0 aliphatic heterocycles. The molecule has 1 rings (SSSR count). The van der Waals surface area contributed by atoms with Crippen molar-refractivity contribution in [2.45, 2.75) is 52.4 Å². The molecule has 0 saturated heterocycles. The van der Waals surface area contributed by atoms with Crippen LogP contribution < -0.4 is 4.74 Å². The molecule has 4 heteroatoms. The van der Waals surface area contributed by atoms with Gasteiger partial charge in [0.2, 0.25) is 0 Å². The lowest BCUT2D eigenvalue weighted by Gasteiger charge is -2.24. The van der Waals surface area contributed by atoms with E-state index in [-0.39, 0.29) is 5.91 Å². The van der Waals surface area contributed by atoms with Crippen molar-refractivity contribution in [3.8, 4) is 5.75 Å². The predicted molar refractivity (Wildman–Crippen MR) is 93.3 cm³/mol. The van der Waals surface area contributed by atoms with Crippen LogP contribution >= 0.6 is 0 Å². The van der Waals surface area contributed by atoms with Gasteiger partial charge in [-0.05, 0) is 31.0 Å². The Hall–Kier alpha value is -1.84. The SMILES string of the molecule is CCCCCN(CCCCC)C(=O)c1cc(C=O)ccc1OC. The Kier molecular flexibility index (Phi) is 9.03. The minimum absolute atomic E-state index is 0.0437. The maximum atomic E-state index is 12.9. The number of ether oxygens (including phenoxy) is 1. The molecule has 0 atom stereocenters. The minimum Gasteiger partial charge on any atom is -0.496 e. The first-order chi connectivity index (χ1) is 11.2. The molecule has 0 radical (unpaired) electrons. The maximum Gasteiger partial charge on any atom is 0.257 e. The van der Waals surface area contributed by atoms with E-state index in [4.69, 9.17) is 4.74 Å². The lowest BCUT2D eigenvalue weighted by atomic mass is 10.1. The van der Waals surface area contributed by atoms with E-state index < -0.39 is 0 Å². The first-order valence-electron chi connectivity index (χ1n) is 8.60. The predicted octanol–water partition coefficient (Wildman–Crippen LogP) is 4.33. The average Bonchev–Trinajstić information content (AvgIpc) is 2.59. The molecule has 0 bridgehead atoms. The summed E-state index contributed by atoms with van der Waals surface area (Å²) in [6.45, 7) is 5.81. The maximum absolute atomic E-state index is 12.9. The zero-order valence-electron chi connectivity index (χ0n) is 14.6. The summed E-state index contributed by atoms with van der Waals surface area (Å²) in [5.74, 6) is 0.481. The van der Waals surface area contributed by atoms with Gasteiger partial charge in [0.25, 0.3) is 5.91 Å². The Balaban J connectivity index is 2.94. The third-order valence-corrected chi connectivity index (χ3v) is 3.94. The summed E-state index contributed by atoms with van der Waals surface area (Å²) in [6.07, 6.45) is 7.25. The number of amides is 1.